The smallest absolute Gasteiger partial charge is 0.213 e. The van der Waals surface area contributed by atoms with Crippen LogP contribution in [0.1, 0.15) is 58.7 Å². The maximum absolute atomic E-state index is 5.76. The lowest BCUT2D eigenvalue weighted by atomic mass is 9.91. The maximum atomic E-state index is 5.76. The van der Waals surface area contributed by atoms with Crippen molar-refractivity contribution >= 4 is 0 Å². The average Bonchev–Trinajstić information content (AvgIpc) is 2.35. The molecule has 0 fully saturated rings. The summed E-state index contributed by atoms with van der Waals surface area (Å²) < 4.78 is 5.76. The fourth-order valence-corrected chi connectivity index (χ4v) is 1.71. The fourth-order valence-electron chi connectivity index (χ4n) is 1.71. The van der Waals surface area contributed by atoms with Gasteiger partial charge in [0.25, 0.3) is 0 Å². The average molecular weight is 264 g/mol. The Kier molecular flexibility index (Phi) is 6.29. The summed E-state index contributed by atoms with van der Waals surface area (Å²) in [6, 6.07) is 4.23. The molecule has 0 spiro atoms. The third-order valence-corrected chi connectivity index (χ3v) is 2.96. The second-order valence-electron chi connectivity index (χ2n) is 5.93. The van der Waals surface area contributed by atoms with E-state index in [1.54, 1.807) is 0 Å². The molecule has 0 aromatic carbocycles. The van der Waals surface area contributed by atoms with Gasteiger partial charge >= 0.3 is 0 Å². The summed E-state index contributed by atoms with van der Waals surface area (Å²) in [5.41, 5.74) is 2.38. The zero-order chi connectivity index (χ0) is 14.3. The van der Waals surface area contributed by atoms with E-state index in [4.69, 9.17) is 4.74 Å². The monoisotopic (exact) mass is 264 g/mol. The van der Waals surface area contributed by atoms with Gasteiger partial charge in [-0.3, -0.25) is 0 Å². The van der Waals surface area contributed by atoms with Crippen LogP contribution < -0.4 is 10.1 Å². The van der Waals surface area contributed by atoms with Crippen LogP contribution in [0.3, 0.4) is 0 Å². The van der Waals surface area contributed by atoms with Crippen LogP contribution in [0, 0.1) is 0 Å². The highest BCUT2D eigenvalue weighted by Crippen LogP contribution is 2.24. The molecule has 0 amide bonds. The van der Waals surface area contributed by atoms with E-state index in [0.29, 0.717) is 0 Å². The molecule has 19 heavy (non-hydrogen) atoms. The van der Waals surface area contributed by atoms with Crippen molar-refractivity contribution in [2.24, 2.45) is 0 Å². The Bertz CT molecular complexity index is 383. The van der Waals surface area contributed by atoms with Crippen molar-refractivity contribution in [1.29, 1.82) is 0 Å². The van der Waals surface area contributed by atoms with Crippen molar-refractivity contribution < 1.29 is 4.74 Å². The SMILES string of the molecule is CCCCOc1cc(CNCC)cc(C(C)(C)C)n1. The van der Waals surface area contributed by atoms with Crippen LogP contribution >= 0.6 is 0 Å². The zero-order valence-electron chi connectivity index (χ0n) is 13.0. The van der Waals surface area contributed by atoms with Crippen molar-refractivity contribution in [2.75, 3.05) is 13.2 Å². The second kappa shape index (κ2) is 7.49. The molecule has 0 aliphatic heterocycles. The molecule has 1 aromatic rings. The van der Waals surface area contributed by atoms with Gasteiger partial charge < -0.3 is 10.1 Å². The molecule has 0 saturated heterocycles. The Balaban J connectivity index is 2.89. The van der Waals surface area contributed by atoms with Crippen LogP contribution in [-0.2, 0) is 12.0 Å². The molecule has 0 bridgehead atoms. The molecule has 108 valence electrons. The van der Waals surface area contributed by atoms with E-state index in [9.17, 15) is 0 Å². The number of hydrogen-bond acceptors (Lipinski definition) is 3. The molecule has 0 saturated carbocycles. The number of rotatable bonds is 7. The van der Waals surface area contributed by atoms with Gasteiger partial charge in [0.2, 0.25) is 5.88 Å². The molecule has 0 unspecified atom stereocenters. The van der Waals surface area contributed by atoms with Crippen molar-refractivity contribution in [2.45, 2.75) is 59.4 Å². The third kappa shape index (κ3) is 5.60. The van der Waals surface area contributed by atoms with Crippen LogP contribution in [-0.4, -0.2) is 18.1 Å². The van der Waals surface area contributed by atoms with E-state index in [-0.39, 0.29) is 5.41 Å². The standard InChI is InChI=1S/C16H28N2O/c1-6-8-9-19-15-11-13(12-17-7-2)10-14(18-15)16(3,4)5/h10-11,17H,6-9,12H2,1-5H3. The first-order valence-electron chi connectivity index (χ1n) is 7.32. The summed E-state index contributed by atoms with van der Waals surface area (Å²) in [6.45, 7) is 13.4. The first kappa shape index (κ1) is 16.0. The van der Waals surface area contributed by atoms with Gasteiger partial charge in [-0.15, -0.1) is 0 Å². The molecule has 1 aromatic heterocycles. The normalized spacial score (nSPS) is 11.6. The molecular formula is C16H28N2O. The minimum atomic E-state index is 0.0467. The second-order valence-corrected chi connectivity index (χ2v) is 5.93. The predicted octanol–water partition coefficient (Wildman–Crippen LogP) is 3.67. The Morgan fingerprint density at radius 1 is 1.21 bits per heavy atom. The minimum Gasteiger partial charge on any atom is -0.478 e. The molecule has 0 radical (unpaired) electrons. The van der Waals surface area contributed by atoms with Crippen molar-refractivity contribution in [1.82, 2.24) is 10.3 Å². The molecule has 3 heteroatoms. The number of nitrogens with one attached hydrogen (secondary N) is 1. The molecule has 0 aliphatic rings. The molecule has 1 rings (SSSR count). The highest BCUT2D eigenvalue weighted by atomic mass is 16.5. The lowest BCUT2D eigenvalue weighted by Gasteiger charge is -2.20. The van der Waals surface area contributed by atoms with Gasteiger partial charge in [-0.05, 0) is 24.6 Å². The molecule has 1 heterocycles. The molecule has 0 atom stereocenters. The highest BCUT2D eigenvalue weighted by Gasteiger charge is 2.17. The van der Waals surface area contributed by atoms with Crippen molar-refractivity contribution in [3.8, 4) is 5.88 Å². The summed E-state index contributed by atoms with van der Waals surface area (Å²) >= 11 is 0. The van der Waals surface area contributed by atoms with Crippen LogP contribution in [0.15, 0.2) is 12.1 Å². The largest absolute Gasteiger partial charge is 0.478 e. The maximum Gasteiger partial charge on any atom is 0.213 e. The van der Waals surface area contributed by atoms with Crippen LogP contribution in [0.25, 0.3) is 0 Å². The summed E-state index contributed by atoms with van der Waals surface area (Å²) in [6.07, 6.45) is 2.22. The number of aromatic nitrogens is 1. The van der Waals surface area contributed by atoms with E-state index in [0.717, 1.165) is 44.1 Å². The van der Waals surface area contributed by atoms with Gasteiger partial charge in [0.05, 0.1) is 12.3 Å². The van der Waals surface area contributed by atoms with E-state index in [1.165, 1.54) is 5.56 Å². The summed E-state index contributed by atoms with van der Waals surface area (Å²) in [5.74, 6) is 0.758. The Morgan fingerprint density at radius 3 is 2.53 bits per heavy atom. The van der Waals surface area contributed by atoms with Gasteiger partial charge in [-0.1, -0.05) is 41.0 Å². The van der Waals surface area contributed by atoms with E-state index in [2.05, 4.69) is 51.0 Å². The molecular weight excluding hydrogens is 236 g/mol. The number of nitrogens with zero attached hydrogens (tertiary/aromatic N) is 1. The van der Waals surface area contributed by atoms with E-state index < -0.39 is 0 Å². The van der Waals surface area contributed by atoms with Gasteiger partial charge in [-0.2, -0.15) is 0 Å². The number of unbranched alkanes of at least 4 members (excludes halogenated alkanes) is 1. The van der Waals surface area contributed by atoms with E-state index >= 15 is 0 Å². The fraction of sp³-hybridized carbons (Fsp3) is 0.688. The quantitative estimate of drug-likeness (QED) is 0.763. The molecule has 1 N–H and O–H groups in total. The van der Waals surface area contributed by atoms with Crippen molar-refractivity contribution in [3.63, 3.8) is 0 Å². The first-order valence-corrected chi connectivity index (χ1v) is 7.32. The zero-order valence-corrected chi connectivity index (χ0v) is 13.0. The first-order chi connectivity index (χ1) is 8.97. The van der Waals surface area contributed by atoms with Gasteiger partial charge in [0.15, 0.2) is 0 Å². The van der Waals surface area contributed by atoms with Crippen LogP contribution in [0.2, 0.25) is 0 Å². The topological polar surface area (TPSA) is 34.1 Å². The lowest BCUT2D eigenvalue weighted by Crippen LogP contribution is -2.17. The van der Waals surface area contributed by atoms with Gasteiger partial charge in [0, 0.05) is 18.0 Å². The Morgan fingerprint density at radius 2 is 1.95 bits per heavy atom. The minimum absolute atomic E-state index is 0.0467. The number of ether oxygens (including phenoxy) is 1. The Labute approximate surface area is 117 Å². The van der Waals surface area contributed by atoms with Gasteiger partial charge in [-0.25, -0.2) is 4.98 Å². The number of hydrogen-bond donors (Lipinski definition) is 1. The molecule has 0 aliphatic carbocycles. The Hall–Kier alpha value is -1.09. The summed E-state index contributed by atoms with van der Waals surface area (Å²) in [5, 5.41) is 3.35. The number of pyridine rings is 1. The lowest BCUT2D eigenvalue weighted by molar-refractivity contribution is 0.295. The van der Waals surface area contributed by atoms with Gasteiger partial charge in [0.1, 0.15) is 0 Å². The van der Waals surface area contributed by atoms with Crippen LogP contribution in [0.5, 0.6) is 5.88 Å². The van der Waals surface area contributed by atoms with Crippen LogP contribution in [0.4, 0.5) is 0 Å². The molecule has 3 nitrogen and oxygen atoms in total. The van der Waals surface area contributed by atoms with E-state index in [1.807, 2.05) is 6.07 Å². The van der Waals surface area contributed by atoms with Crippen molar-refractivity contribution in [3.05, 3.63) is 23.4 Å². The predicted molar refractivity (Wildman–Crippen MR) is 80.7 cm³/mol. The summed E-state index contributed by atoms with van der Waals surface area (Å²) in [7, 11) is 0. The highest BCUT2D eigenvalue weighted by molar-refractivity contribution is 5.28. The third-order valence-electron chi connectivity index (χ3n) is 2.96. The summed E-state index contributed by atoms with van der Waals surface area (Å²) in [4.78, 5) is 4.63.